The van der Waals surface area contributed by atoms with Crippen LogP contribution in [0.5, 0.6) is 0 Å². The molecule has 0 unspecified atom stereocenters. The number of hydrogen-bond acceptors (Lipinski definition) is 4. The highest BCUT2D eigenvalue weighted by Crippen LogP contribution is 2.16. The van der Waals surface area contributed by atoms with E-state index < -0.39 is 0 Å². The van der Waals surface area contributed by atoms with Crippen LogP contribution in [0.4, 0.5) is 5.69 Å². The molecule has 29 heavy (non-hydrogen) atoms. The second kappa shape index (κ2) is 12.2. The topological polar surface area (TPSA) is 83.7 Å². The van der Waals surface area contributed by atoms with E-state index in [1.165, 1.54) is 25.7 Å². The van der Waals surface area contributed by atoms with Crippen molar-refractivity contribution in [3.63, 3.8) is 0 Å². The largest absolute Gasteiger partial charge is 0.444 e. The van der Waals surface area contributed by atoms with Gasteiger partial charge in [0, 0.05) is 12.1 Å². The SMILES string of the molecule is CCCCCCCCC(=O)N/N=C(\C)c1ccc(NC(=O)c2ccc(Br)o2)cc1. The maximum Gasteiger partial charge on any atom is 0.291 e. The van der Waals surface area contributed by atoms with Crippen molar-refractivity contribution < 1.29 is 14.0 Å². The molecule has 156 valence electrons. The minimum Gasteiger partial charge on any atom is -0.444 e. The highest BCUT2D eigenvalue weighted by molar-refractivity contribution is 9.10. The summed E-state index contributed by atoms with van der Waals surface area (Å²) in [4.78, 5) is 24.0. The van der Waals surface area contributed by atoms with Crippen LogP contribution in [0.3, 0.4) is 0 Å². The molecule has 0 saturated heterocycles. The second-order valence-corrected chi connectivity index (χ2v) is 7.67. The number of anilines is 1. The first kappa shape index (κ1) is 22.9. The molecular weight excluding hydrogens is 434 g/mol. The number of furan rings is 1. The van der Waals surface area contributed by atoms with Crippen molar-refractivity contribution >= 4 is 39.1 Å². The summed E-state index contributed by atoms with van der Waals surface area (Å²) in [6.45, 7) is 4.02. The number of benzene rings is 1. The molecule has 0 atom stereocenters. The molecular formula is C22H28BrN3O3. The number of amides is 2. The Balaban J connectivity index is 1.77. The molecule has 0 aliphatic rings. The summed E-state index contributed by atoms with van der Waals surface area (Å²) in [7, 11) is 0. The fourth-order valence-corrected chi connectivity index (χ4v) is 3.06. The summed E-state index contributed by atoms with van der Waals surface area (Å²) in [5, 5.41) is 6.94. The quantitative estimate of drug-likeness (QED) is 0.248. The van der Waals surface area contributed by atoms with Gasteiger partial charge in [0.25, 0.3) is 5.91 Å². The Morgan fingerprint density at radius 1 is 1.00 bits per heavy atom. The van der Waals surface area contributed by atoms with E-state index in [0.717, 1.165) is 18.4 Å². The predicted octanol–water partition coefficient (Wildman–Crippen LogP) is 5.89. The van der Waals surface area contributed by atoms with E-state index in [1.54, 1.807) is 24.3 Å². The number of carbonyl (C=O) groups excluding carboxylic acids is 2. The van der Waals surface area contributed by atoms with Gasteiger partial charge in [-0.1, -0.05) is 51.2 Å². The van der Waals surface area contributed by atoms with Gasteiger partial charge in [0.05, 0.1) is 5.71 Å². The number of nitrogens with one attached hydrogen (secondary N) is 2. The predicted molar refractivity (Wildman–Crippen MR) is 119 cm³/mol. The van der Waals surface area contributed by atoms with Gasteiger partial charge in [0.15, 0.2) is 10.4 Å². The van der Waals surface area contributed by atoms with Gasteiger partial charge in [-0.2, -0.15) is 5.10 Å². The monoisotopic (exact) mass is 461 g/mol. The number of carbonyl (C=O) groups is 2. The molecule has 0 bridgehead atoms. The number of unbranched alkanes of at least 4 members (excludes halogenated alkanes) is 5. The third-order valence-corrected chi connectivity index (χ3v) is 4.89. The first-order valence-corrected chi connectivity index (χ1v) is 10.8. The maximum atomic E-state index is 12.1. The first-order valence-electron chi connectivity index (χ1n) is 10.00. The molecule has 7 heteroatoms. The van der Waals surface area contributed by atoms with E-state index in [4.69, 9.17) is 4.42 Å². The van der Waals surface area contributed by atoms with Gasteiger partial charge >= 0.3 is 0 Å². The number of hydrazone groups is 1. The molecule has 0 aliphatic carbocycles. The maximum absolute atomic E-state index is 12.1. The Bertz CT molecular complexity index is 828. The van der Waals surface area contributed by atoms with Crippen molar-refractivity contribution in [2.45, 2.75) is 58.8 Å². The molecule has 1 aromatic carbocycles. The van der Waals surface area contributed by atoms with Crippen molar-refractivity contribution in [3.05, 3.63) is 52.4 Å². The van der Waals surface area contributed by atoms with Crippen LogP contribution in [-0.4, -0.2) is 17.5 Å². The summed E-state index contributed by atoms with van der Waals surface area (Å²) in [5.41, 5.74) is 4.83. The van der Waals surface area contributed by atoms with Crippen LogP contribution >= 0.6 is 15.9 Å². The Hall–Kier alpha value is -2.41. The zero-order valence-corrected chi connectivity index (χ0v) is 18.5. The van der Waals surface area contributed by atoms with E-state index in [2.05, 4.69) is 38.7 Å². The highest BCUT2D eigenvalue weighted by Gasteiger charge is 2.10. The summed E-state index contributed by atoms with van der Waals surface area (Å²) < 4.78 is 5.73. The molecule has 0 spiro atoms. The van der Waals surface area contributed by atoms with Crippen molar-refractivity contribution in [2.24, 2.45) is 5.10 Å². The lowest BCUT2D eigenvalue weighted by atomic mass is 10.1. The van der Waals surface area contributed by atoms with Gasteiger partial charge in [-0.15, -0.1) is 0 Å². The van der Waals surface area contributed by atoms with E-state index in [1.807, 2.05) is 19.1 Å². The molecule has 0 fully saturated rings. The fourth-order valence-electron chi connectivity index (χ4n) is 2.76. The Kier molecular flexibility index (Phi) is 9.64. The summed E-state index contributed by atoms with van der Waals surface area (Å²) in [5.74, 6) is -0.157. The van der Waals surface area contributed by atoms with Crippen LogP contribution in [0.2, 0.25) is 0 Å². The summed E-state index contributed by atoms with van der Waals surface area (Å²) >= 11 is 3.17. The lowest BCUT2D eigenvalue weighted by molar-refractivity contribution is -0.121. The molecule has 2 rings (SSSR count). The van der Waals surface area contributed by atoms with Crippen LogP contribution < -0.4 is 10.7 Å². The average Bonchev–Trinajstić information content (AvgIpc) is 3.16. The number of halogens is 1. The minimum absolute atomic E-state index is 0.0617. The standard InChI is InChI=1S/C22H28BrN3O3/c1-3-4-5-6-7-8-9-21(27)26-25-16(2)17-10-12-18(13-11-17)24-22(28)19-14-15-20(23)29-19/h10-15H,3-9H2,1-2H3,(H,24,28)(H,26,27)/b25-16+. The van der Waals surface area contributed by atoms with Gasteiger partial charge < -0.3 is 9.73 Å². The first-order chi connectivity index (χ1) is 14.0. The van der Waals surface area contributed by atoms with Crippen molar-refractivity contribution in [3.8, 4) is 0 Å². The minimum atomic E-state index is -0.323. The smallest absolute Gasteiger partial charge is 0.291 e. The van der Waals surface area contributed by atoms with Crippen LogP contribution in [-0.2, 0) is 4.79 Å². The zero-order valence-electron chi connectivity index (χ0n) is 17.0. The van der Waals surface area contributed by atoms with Crippen LogP contribution in [0.1, 0.15) is 74.9 Å². The zero-order chi connectivity index (χ0) is 21.1. The van der Waals surface area contributed by atoms with E-state index in [0.29, 0.717) is 22.5 Å². The summed E-state index contributed by atoms with van der Waals surface area (Å²) in [6.07, 6.45) is 7.39. The summed E-state index contributed by atoms with van der Waals surface area (Å²) in [6, 6.07) is 10.5. The van der Waals surface area contributed by atoms with Gasteiger partial charge in [0.1, 0.15) is 0 Å². The van der Waals surface area contributed by atoms with Crippen molar-refractivity contribution in [1.82, 2.24) is 5.43 Å². The van der Waals surface area contributed by atoms with Crippen LogP contribution in [0.25, 0.3) is 0 Å². The van der Waals surface area contributed by atoms with E-state index in [9.17, 15) is 9.59 Å². The van der Waals surface area contributed by atoms with E-state index >= 15 is 0 Å². The van der Waals surface area contributed by atoms with Gasteiger partial charge in [-0.3, -0.25) is 9.59 Å². The van der Waals surface area contributed by atoms with Crippen molar-refractivity contribution in [1.29, 1.82) is 0 Å². The molecule has 1 heterocycles. The Labute approximate surface area is 180 Å². The molecule has 1 aromatic heterocycles. The fraction of sp³-hybridized carbons (Fsp3) is 0.409. The Morgan fingerprint density at radius 3 is 2.34 bits per heavy atom. The molecule has 0 radical (unpaired) electrons. The third-order valence-electron chi connectivity index (χ3n) is 4.46. The number of rotatable bonds is 11. The molecule has 6 nitrogen and oxygen atoms in total. The lowest BCUT2D eigenvalue weighted by Crippen LogP contribution is -2.18. The normalized spacial score (nSPS) is 11.3. The highest BCUT2D eigenvalue weighted by atomic mass is 79.9. The average molecular weight is 462 g/mol. The van der Waals surface area contributed by atoms with Crippen LogP contribution in [0.15, 0.2) is 50.6 Å². The molecule has 2 N–H and O–H groups in total. The van der Waals surface area contributed by atoms with E-state index in [-0.39, 0.29) is 17.6 Å². The number of hydrogen-bond donors (Lipinski definition) is 2. The van der Waals surface area contributed by atoms with Crippen molar-refractivity contribution in [2.75, 3.05) is 5.32 Å². The lowest BCUT2D eigenvalue weighted by Gasteiger charge is -2.06. The molecule has 0 saturated carbocycles. The third kappa shape index (κ3) is 8.23. The second-order valence-electron chi connectivity index (χ2n) is 6.89. The number of nitrogens with zero attached hydrogens (tertiary/aromatic N) is 1. The molecule has 2 aromatic rings. The van der Waals surface area contributed by atoms with Gasteiger partial charge in [0.2, 0.25) is 5.91 Å². The molecule has 2 amide bonds. The van der Waals surface area contributed by atoms with Gasteiger partial charge in [-0.05, 0) is 59.1 Å². The molecule has 0 aliphatic heterocycles. The Morgan fingerprint density at radius 2 is 1.69 bits per heavy atom. The van der Waals surface area contributed by atoms with Gasteiger partial charge in [-0.25, -0.2) is 5.43 Å². The van der Waals surface area contributed by atoms with Crippen LogP contribution in [0, 0.1) is 0 Å².